The minimum absolute atomic E-state index is 0.227. The van der Waals surface area contributed by atoms with Gasteiger partial charge in [-0.15, -0.1) is 0 Å². The van der Waals surface area contributed by atoms with Crippen LogP contribution in [-0.4, -0.2) is 52.5 Å². The molecule has 140 valence electrons. The zero-order chi connectivity index (χ0) is 18.9. The molecule has 0 aromatic carbocycles. The van der Waals surface area contributed by atoms with Gasteiger partial charge in [0.2, 0.25) is 0 Å². The second-order valence-corrected chi connectivity index (χ2v) is 9.27. The van der Waals surface area contributed by atoms with Gasteiger partial charge in [0.15, 0.2) is 0 Å². The van der Waals surface area contributed by atoms with Crippen LogP contribution in [0.5, 0.6) is 0 Å². The molecule has 24 heavy (non-hydrogen) atoms. The van der Waals surface area contributed by atoms with Gasteiger partial charge in [-0.2, -0.15) is 0 Å². The van der Waals surface area contributed by atoms with Gasteiger partial charge >= 0.3 is 12.1 Å². The number of carbonyl (C=O) groups excluding carboxylic acids is 2. The standard InChI is InChI=1S/C18H33NO5/c1-16(2,3)22-12-10-13(14(20)23-17(4,5)6)19(11-12)15(21)24-18(7,8)9/h12-13H,10-11H2,1-9H3. The van der Waals surface area contributed by atoms with Crippen LogP contribution in [0.2, 0.25) is 0 Å². The Bertz CT molecular complexity index is 431. The highest BCUT2D eigenvalue weighted by atomic mass is 16.6. The van der Waals surface area contributed by atoms with Gasteiger partial charge in [0.05, 0.1) is 18.2 Å². The molecule has 0 spiro atoms. The molecule has 6 heteroatoms. The molecule has 6 nitrogen and oxygen atoms in total. The van der Waals surface area contributed by atoms with Gasteiger partial charge in [0.25, 0.3) is 0 Å². The van der Waals surface area contributed by atoms with Crippen LogP contribution in [0.4, 0.5) is 4.79 Å². The molecular formula is C18H33NO5. The molecule has 1 aliphatic heterocycles. The van der Waals surface area contributed by atoms with Crippen molar-refractivity contribution in [1.82, 2.24) is 4.90 Å². The summed E-state index contributed by atoms with van der Waals surface area (Å²) in [6.07, 6.45) is -0.334. The summed E-state index contributed by atoms with van der Waals surface area (Å²) in [7, 11) is 0. The maximum atomic E-state index is 12.5. The lowest BCUT2D eigenvalue weighted by atomic mass is 10.1. The van der Waals surface area contributed by atoms with Gasteiger partial charge in [-0.25, -0.2) is 9.59 Å². The predicted octanol–water partition coefficient (Wildman–Crippen LogP) is 3.52. The van der Waals surface area contributed by atoms with Crippen molar-refractivity contribution >= 4 is 12.1 Å². The van der Waals surface area contributed by atoms with Gasteiger partial charge in [0.1, 0.15) is 17.2 Å². The first-order valence-electron chi connectivity index (χ1n) is 8.48. The van der Waals surface area contributed by atoms with E-state index in [2.05, 4.69) is 0 Å². The Morgan fingerprint density at radius 3 is 1.75 bits per heavy atom. The van der Waals surface area contributed by atoms with E-state index in [1.807, 2.05) is 20.8 Å². The van der Waals surface area contributed by atoms with E-state index in [1.165, 1.54) is 4.90 Å². The molecule has 2 atom stereocenters. The van der Waals surface area contributed by atoms with Crippen LogP contribution in [0, 0.1) is 0 Å². The van der Waals surface area contributed by atoms with Crippen molar-refractivity contribution in [2.24, 2.45) is 0 Å². The number of rotatable bonds is 2. The number of likely N-dealkylation sites (tertiary alicyclic amines) is 1. The van der Waals surface area contributed by atoms with E-state index in [0.717, 1.165) is 0 Å². The van der Waals surface area contributed by atoms with Crippen LogP contribution < -0.4 is 0 Å². The quantitative estimate of drug-likeness (QED) is 0.718. The van der Waals surface area contributed by atoms with Crippen molar-refractivity contribution in [3.8, 4) is 0 Å². The molecule has 1 amide bonds. The smallest absolute Gasteiger partial charge is 0.411 e. The van der Waals surface area contributed by atoms with Crippen molar-refractivity contribution in [1.29, 1.82) is 0 Å². The minimum atomic E-state index is -0.688. The molecule has 0 aromatic heterocycles. The average Bonchev–Trinajstić information content (AvgIpc) is 2.65. The third-order valence-corrected chi connectivity index (χ3v) is 3.09. The van der Waals surface area contributed by atoms with E-state index < -0.39 is 29.3 Å². The fourth-order valence-electron chi connectivity index (χ4n) is 2.50. The minimum Gasteiger partial charge on any atom is -0.458 e. The van der Waals surface area contributed by atoms with Crippen LogP contribution in [-0.2, 0) is 19.0 Å². The summed E-state index contributed by atoms with van der Waals surface area (Å²) in [5.74, 6) is -0.423. The Morgan fingerprint density at radius 1 is 0.833 bits per heavy atom. The lowest BCUT2D eigenvalue weighted by Crippen LogP contribution is -2.45. The molecule has 1 rings (SSSR count). The third-order valence-electron chi connectivity index (χ3n) is 3.09. The molecule has 1 saturated heterocycles. The van der Waals surface area contributed by atoms with E-state index >= 15 is 0 Å². The van der Waals surface area contributed by atoms with Crippen molar-refractivity contribution in [2.75, 3.05) is 6.54 Å². The summed E-state index contributed by atoms with van der Waals surface area (Å²) in [5, 5.41) is 0. The number of hydrogen-bond donors (Lipinski definition) is 0. The van der Waals surface area contributed by atoms with E-state index in [1.54, 1.807) is 41.5 Å². The lowest BCUT2D eigenvalue weighted by Gasteiger charge is -2.29. The fraction of sp³-hybridized carbons (Fsp3) is 0.889. The predicted molar refractivity (Wildman–Crippen MR) is 91.8 cm³/mol. The molecule has 0 N–H and O–H groups in total. The summed E-state index contributed by atoms with van der Waals surface area (Å²) in [6, 6.07) is -0.688. The molecule has 0 radical (unpaired) electrons. The fourth-order valence-corrected chi connectivity index (χ4v) is 2.50. The summed E-state index contributed by atoms with van der Waals surface area (Å²) in [6.45, 7) is 17.0. The van der Waals surface area contributed by atoms with E-state index in [-0.39, 0.29) is 11.7 Å². The molecule has 1 heterocycles. The molecule has 1 aliphatic rings. The van der Waals surface area contributed by atoms with Crippen LogP contribution >= 0.6 is 0 Å². The molecule has 2 unspecified atom stereocenters. The molecule has 0 aliphatic carbocycles. The Balaban J connectivity index is 2.93. The molecule has 0 aromatic rings. The highest BCUT2D eigenvalue weighted by Gasteiger charge is 2.44. The SMILES string of the molecule is CC(C)(C)OC(=O)C1CC(OC(C)(C)C)CN1C(=O)OC(C)(C)C. The summed E-state index contributed by atoms with van der Waals surface area (Å²) < 4.78 is 16.9. The van der Waals surface area contributed by atoms with Crippen LogP contribution in [0.25, 0.3) is 0 Å². The Morgan fingerprint density at radius 2 is 1.33 bits per heavy atom. The summed E-state index contributed by atoms with van der Waals surface area (Å²) >= 11 is 0. The number of esters is 1. The van der Waals surface area contributed by atoms with Gasteiger partial charge in [-0.1, -0.05) is 0 Å². The highest BCUT2D eigenvalue weighted by molar-refractivity contribution is 5.82. The summed E-state index contributed by atoms with van der Waals surface area (Å²) in [5.41, 5.74) is -1.59. The van der Waals surface area contributed by atoms with E-state index in [0.29, 0.717) is 13.0 Å². The van der Waals surface area contributed by atoms with E-state index in [4.69, 9.17) is 14.2 Å². The second kappa shape index (κ2) is 6.90. The Labute approximate surface area is 145 Å². The number of amides is 1. The van der Waals surface area contributed by atoms with Gasteiger partial charge < -0.3 is 14.2 Å². The Hall–Kier alpha value is -1.30. The van der Waals surface area contributed by atoms with Crippen LogP contribution in [0.15, 0.2) is 0 Å². The first kappa shape index (κ1) is 20.7. The topological polar surface area (TPSA) is 65.1 Å². The Kier molecular flexibility index (Phi) is 5.97. The first-order chi connectivity index (χ1) is 10.6. The van der Waals surface area contributed by atoms with Crippen molar-refractivity contribution in [3.05, 3.63) is 0 Å². The molecule has 0 bridgehead atoms. The molecular weight excluding hydrogens is 310 g/mol. The van der Waals surface area contributed by atoms with Gasteiger partial charge in [-0.05, 0) is 62.3 Å². The molecule has 1 fully saturated rings. The van der Waals surface area contributed by atoms with Gasteiger partial charge in [0, 0.05) is 6.42 Å². The first-order valence-corrected chi connectivity index (χ1v) is 8.48. The normalized spacial score (nSPS) is 22.5. The highest BCUT2D eigenvalue weighted by Crippen LogP contribution is 2.28. The lowest BCUT2D eigenvalue weighted by molar-refractivity contribution is -0.160. The maximum absolute atomic E-state index is 12.5. The summed E-state index contributed by atoms with van der Waals surface area (Å²) in [4.78, 5) is 26.4. The number of carbonyl (C=O) groups is 2. The number of ether oxygens (including phenoxy) is 3. The number of hydrogen-bond acceptors (Lipinski definition) is 5. The maximum Gasteiger partial charge on any atom is 0.411 e. The van der Waals surface area contributed by atoms with Crippen molar-refractivity contribution in [3.63, 3.8) is 0 Å². The zero-order valence-corrected chi connectivity index (χ0v) is 16.6. The van der Waals surface area contributed by atoms with E-state index in [9.17, 15) is 9.59 Å². The van der Waals surface area contributed by atoms with Crippen LogP contribution in [0.3, 0.4) is 0 Å². The van der Waals surface area contributed by atoms with Crippen LogP contribution in [0.1, 0.15) is 68.7 Å². The third kappa shape index (κ3) is 7.07. The second-order valence-electron chi connectivity index (χ2n) is 9.27. The largest absolute Gasteiger partial charge is 0.458 e. The zero-order valence-electron chi connectivity index (χ0n) is 16.6. The average molecular weight is 343 g/mol. The molecule has 0 saturated carbocycles. The van der Waals surface area contributed by atoms with Crippen molar-refractivity contribution in [2.45, 2.75) is 97.7 Å². The van der Waals surface area contributed by atoms with Gasteiger partial charge in [-0.3, -0.25) is 4.90 Å². The monoisotopic (exact) mass is 343 g/mol. The van der Waals surface area contributed by atoms with Crippen molar-refractivity contribution < 1.29 is 23.8 Å². The number of nitrogens with zero attached hydrogens (tertiary/aromatic N) is 1.